The van der Waals surface area contributed by atoms with E-state index in [-0.39, 0.29) is 28.7 Å². The zero-order valence-electron chi connectivity index (χ0n) is 10.4. The summed E-state index contributed by atoms with van der Waals surface area (Å²) >= 11 is 0. The summed E-state index contributed by atoms with van der Waals surface area (Å²) in [6.45, 7) is 0. The summed E-state index contributed by atoms with van der Waals surface area (Å²) in [7, 11) is 1.46. The smallest absolute Gasteiger partial charge is 0.293 e. The van der Waals surface area contributed by atoms with Crippen molar-refractivity contribution in [2.24, 2.45) is 0 Å². The Morgan fingerprint density at radius 1 is 1.55 bits per heavy atom. The van der Waals surface area contributed by atoms with E-state index in [1.807, 2.05) is 6.07 Å². The SMILES string of the molecule is CNC(=O)c1ccc([N+](=O)[O-])c(-n2ccnc2C#N)c1. The van der Waals surface area contributed by atoms with Crippen LogP contribution in [-0.2, 0) is 0 Å². The lowest BCUT2D eigenvalue weighted by Crippen LogP contribution is -2.18. The van der Waals surface area contributed by atoms with Gasteiger partial charge >= 0.3 is 0 Å². The molecule has 8 nitrogen and oxygen atoms in total. The summed E-state index contributed by atoms with van der Waals surface area (Å²) < 4.78 is 1.27. The topological polar surface area (TPSA) is 114 Å². The number of nitriles is 1. The number of carbonyl (C=O) groups excluding carboxylic acids is 1. The molecule has 0 aliphatic carbocycles. The van der Waals surface area contributed by atoms with E-state index in [4.69, 9.17) is 5.26 Å². The Hall–Kier alpha value is -3.21. The average molecular weight is 271 g/mol. The fraction of sp³-hybridized carbons (Fsp3) is 0.0833. The Bertz CT molecular complexity index is 729. The normalized spacial score (nSPS) is 9.80. The van der Waals surface area contributed by atoms with Gasteiger partial charge in [-0.2, -0.15) is 5.26 Å². The minimum atomic E-state index is -0.579. The van der Waals surface area contributed by atoms with Gasteiger partial charge < -0.3 is 5.32 Å². The van der Waals surface area contributed by atoms with Crippen molar-refractivity contribution in [2.75, 3.05) is 7.05 Å². The fourth-order valence-electron chi connectivity index (χ4n) is 1.74. The lowest BCUT2D eigenvalue weighted by molar-refractivity contribution is -0.384. The average Bonchev–Trinajstić information content (AvgIpc) is 2.93. The van der Waals surface area contributed by atoms with Crippen LogP contribution in [0.15, 0.2) is 30.6 Å². The summed E-state index contributed by atoms with van der Waals surface area (Å²) in [6, 6.07) is 5.75. The molecule has 0 fully saturated rings. The van der Waals surface area contributed by atoms with Gasteiger partial charge in [-0.25, -0.2) is 4.98 Å². The Balaban J connectivity index is 2.68. The molecule has 20 heavy (non-hydrogen) atoms. The molecule has 0 aliphatic heterocycles. The first-order chi connectivity index (χ1) is 9.58. The van der Waals surface area contributed by atoms with Crippen LogP contribution in [0.4, 0.5) is 5.69 Å². The molecule has 1 aromatic carbocycles. The van der Waals surface area contributed by atoms with Crippen LogP contribution in [0.5, 0.6) is 0 Å². The third kappa shape index (κ3) is 2.20. The van der Waals surface area contributed by atoms with Crippen molar-refractivity contribution in [2.45, 2.75) is 0 Å². The van der Waals surface area contributed by atoms with E-state index in [1.54, 1.807) is 0 Å². The fourth-order valence-corrected chi connectivity index (χ4v) is 1.74. The molecular weight excluding hydrogens is 262 g/mol. The molecule has 1 amide bonds. The van der Waals surface area contributed by atoms with Gasteiger partial charge in [-0.1, -0.05) is 0 Å². The summed E-state index contributed by atoms with van der Waals surface area (Å²) in [5, 5.41) is 22.4. The zero-order valence-corrected chi connectivity index (χ0v) is 10.4. The summed E-state index contributed by atoms with van der Waals surface area (Å²) in [5.41, 5.74) is 0.156. The van der Waals surface area contributed by atoms with Crippen molar-refractivity contribution < 1.29 is 9.72 Å². The lowest BCUT2D eigenvalue weighted by Gasteiger charge is -2.07. The van der Waals surface area contributed by atoms with Crippen LogP contribution in [0.25, 0.3) is 5.69 Å². The molecule has 1 heterocycles. The number of imidazole rings is 1. The highest BCUT2D eigenvalue weighted by atomic mass is 16.6. The van der Waals surface area contributed by atoms with Gasteiger partial charge in [0.1, 0.15) is 11.8 Å². The largest absolute Gasteiger partial charge is 0.355 e. The van der Waals surface area contributed by atoms with Crippen LogP contribution in [0.2, 0.25) is 0 Å². The maximum Gasteiger partial charge on any atom is 0.293 e. The minimum absolute atomic E-state index is 0.00200. The van der Waals surface area contributed by atoms with Gasteiger partial charge in [0.25, 0.3) is 11.6 Å². The maximum absolute atomic E-state index is 11.6. The second-order valence-corrected chi connectivity index (χ2v) is 3.77. The summed E-state index contributed by atoms with van der Waals surface area (Å²) in [4.78, 5) is 25.9. The molecule has 0 radical (unpaired) electrons. The van der Waals surface area contributed by atoms with Crippen molar-refractivity contribution in [3.63, 3.8) is 0 Å². The first-order valence-corrected chi connectivity index (χ1v) is 5.53. The molecule has 2 rings (SSSR count). The lowest BCUT2D eigenvalue weighted by atomic mass is 10.1. The van der Waals surface area contributed by atoms with Crippen molar-refractivity contribution in [3.8, 4) is 11.8 Å². The number of hydrogen-bond acceptors (Lipinski definition) is 5. The van der Waals surface area contributed by atoms with Gasteiger partial charge in [0.15, 0.2) is 0 Å². The molecule has 1 aromatic heterocycles. The van der Waals surface area contributed by atoms with Crippen molar-refractivity contribution >= 4 is 11.6 Å². The highest BCUT2D eigenvalue weighted by molar-refractivity contribution is 5.95. The second-order valence-electron chi connectivity index (χ2n) is 3.77. The molecular formula is C12H9N5O3. The number of rotatable bonds is 3. The number of nitrogens with zero attached hydrogens (tertiary/aromatic N) is 4. The Kier molecular flexibility index (Phi) is 3.43. The standard InChI is InChI=1S/C12H9N5O3/c1-14-12(18)8-2-3-9(17(19)20)10(6-8)16-5-4-15-11(16)7-13/h2-6H,1H3,(H,14,18). The van der Waals surface area contributed by atoms with E-state index >= 15 is 0 Å². The number of nitrogens with one attached hydrogen (secondary N) is 1. The van der Waals surface area contributed by atoms with Crippen molar-refractivity contribution in [3.05, 3.63) is 52.1 Å². The van der Waals surface area contributed by atoms with Gasteiger partial charge in [-0.05, 0) is 12.1 Å². The van der Waals surface area contributed by atoms with E-state index in [9.17, 15) is 14.9 Å². The number of carbonyl (C=O) groups is 1. The van der Waals surface area contributed by atoms with Crippen LogP contribution in [0.1, 0.15) is 16.2 Å². The van der Waals surface area contributed by atoms with E-state index in [2.05, 4.69) is 10.3 Å². The van der Waals surface area contributed by atoms with Gasteiger partial charge in [0.05, 0.1) is 4.92 Å². The predicted molar refractivity (Wildman–Crippen MR) is 68.3 cm³/mol. The van der Waals surface area contributed by atoms with Gasteiger partial charge in [-0.3, -0.25) is 19.5 Å². The highest BCUT2D eigenvalue weighted by Crippen LogP contribution is 2.25. The quantitative estimate of drug-likeness (QED) is 0.661. The third-order valence-electron chi connectivity index (χ3n) is 2.66. The molecule has 0 unspecified atom stereocenters. The molecule has 1 N–H and O–H groups in total. The highest BCUT2D eigenvalue weighted by Gasteiger charge is 2.19. The molecule has 2 aromatic rings. The van der Waals surface area contributed by atoms with Gasteiger partial charge in [0, 0.05) is 31.1 Å². The number of amides is 1. The van der Waals surface area contributed by atoms with Crippen molar-refractivity contribution in [1.29, 1.82) is 5.26 Å². The summed E-state index contributed by atoms with van der Waals surface area (Å²) in [6.07, 6.45) is 2.78. The number of nitro benzene ring substituents is 1. The monoisotopic (exact) mass is 271 g/mol. The van der Waals surface area contributed by atoms with Gasteiger partial charge in [-0.15, -0.1) is 0 Å². The molecule has 0 bridgehead atoms. The second kappa shape index (κ2) is 5.19. The Labute approximate surface area is 113 Å². The predicted octanol–water partition coefficient (Wildman–Crippen LogP) is 1.01. The van der Waals surface area contributed by atoms with Crippen LogP contribution in [-0.4, -0.2) is 27.4 Å². The molecule has 0 aliphatic rings. The molecule has 0 atom stereocenters. The molecule has 0 spiro atoms. The van der Waals surface area contributed by atoms with E-state index in [0.717, 1.165) is 0 Å². The van der Waals surface area contributed by atoms with Crippen molar-refractivity contribution in [1.82, 2.24) is 14.9 Å². The maximum atomic E-state index is 11.6. The number of benzene rings is 1. The minimum Gasteiger partial charge on any atom is -0.355 e. The Morgan fingerprint density at radius 2 is 2.30 bits per heavy atom. The number of hydrogen-bond donors (Lipinski definition) is 1. The number of nitro groups is 1. The molecule has 0 saturated carbocycles. The van der Waals surface area contributed by atoms with E-state index in [1.165, 1.54) is 42.2 Å². The third-order valence-corrected chi connectivity index (χ3v) is 2.66. The first kappa shape index (κ1) is 13.2. The van der Waals surface area contributed by atoms with Crippen LogP contribution in [0.3, 0.4) is 0 Å². The molecule has 0 saturated heterocycles. The molecule has 8 heteroatoms. The first-order valence-electron chi connectivity index (χ1n) is 5.53. The van der Waals surface area contributed by atoms with Crippen LogP contribution >= 0.6 is 0 Å². The Morgan fingerprint density at radius 3 is 2.90 bits per heavy atom. The van der Waals surface area contributed by atoms with Crippen LogP contribution in [0, 0.1) is 21.4 Å². The van der Waals surface area contributed by atoms with E-state index < -0.39 is 4.92 Å². The van der Waals surface area contributed by atoms with Gasteiger partial charge in [0.2, 0.25) is 5.82 Å². The van der Waals surface area contributed by atoms with E-state index in [0.29, 0.717) is 0 Å². The zero-order chi connectivity index (χ0) is 14.7. The summed E-state index contributed by atoms with van der Waals surface area (Å²) in [5.74, 6) is -0.373. The molecule has 100 valence electrons. The number of aromatic nitrogens is 2. The van der Waals surface area contributed by atoms with Crippen LogP contribution < -0.4 is 5.32 Å².